The van der Waals surface area contributed by atoms with Crippen molar-refractivity contribution in [1.29, 1.82) is 0 Å². The fourth-order valence-electron chi connectivity index (χ4n) is 1.39. The first kappa shape index (κ1) is 13.6. The number of hydrogen-bond donors (Lipinski definition) is 2. The van der Waals surface area contributed by atoms with Gasteiger partial charge in [0.1, 0.15) is 6.04 Å². The van der Waals surface area contributed by atoms with Crippen LogP contribution in [0.4, 0.5) is 0 Å². The molecule has 0 aliphatic carbocycles. The molecule has 0 saturated heterocycles. The van der Waals surface area contributed by atoms with E-state index >= 15 is 0 Å². The van der Waals surface area contributed by atoms with E-state index in [1.807, 2.05) is 6.92 Å². The average molecular weight is 240 g/mol. The van der Waals surface area contributed by atoms with Crippen LogP contribution in [0.3, 0.4) is 0 Å². The topological polar surface area (TPSA) is 80.0 Å². The normalized spacial score (nSPS) is 12.4. The van der Waals surface area contributed by atoms with E-state index in [0.717, 1.165) is 12.1 Å². The second kappa shape index (κ2) is 7.01. The van der Waals surface area contributed by atoms with E-state index in [1.165, 1.54) is 0 Å². The zero-order valence-electron chi connectivity index (χ0n) is 10.4. The van der Waals surface area contributed by atoms with E-state index in [-0.39, 0.29) is 18.6 Å². The lowest BCUT2D eigenvalue weighted by Crippen LogP contribution is -2.31. The predicted octanol–water partition coefficient (Wildman–Crippen LogP) is 0.290. The van der Waals surface area contributed by atoms with Crippen molar-refractivity contribution in [3.8, 4) is 0 Å². The number of aromatic nitrogens is 3. The van der Waals surface area contributed by atoms with Crippen molar-refractivity contribution in [3.63, 3.8) is 0 Å². The van der Waals surface area contributed by atoms with Gasteiger partial charge in [0.05, 0.1) is 5.69 Å². The highest BCUT2D eigenvalue weighted by molar-refractivity contribution is 5.79. The van der Waals surface area contributed by atoms with Crippen molar-refractivity contribution in [2.75, 3.05) is 13.2 Å². The van der Waals surface area contributed by atoms with Gasteiger partial charge in [-0.25, -0.2) is 4.68 Å². The molecule has 1 atom stereocenters. The standard InChI is InChI=1S/C11H20N4O2/c1-3-6-12-11(17)9(2)15-8-10(13-14-15)5-4-7-16/h8-9,16H,3-7H2,1-2H3,(H,12,17). The zero-order chi connectivity index (χ0) is 12.7. The lowest BCUT2D eigenvalue weighted by molar-refractivity contribution is -0.124. The minimum Gasteiger partial charge on any atom is -0.396 e. The van der Waals surface area contributed by atoms with Crippen molar-refractivity contribution in [1.82, 2.24) is 20.3 Å². The van der Waals surface area contributed by atoms with Crippen molar-refractivity contribution < 1.29 is 9.90 Å². The lowest BCUT2D eigenvalue weighted by atomic mass is 10.2. The molecule has 0 saturated carbocycles. The Labute approximate surface area is 101 Å². The minimum atomic E-state index is -0.350. The molecule has 6 nitrogen and oxygen atoms in total. The molecule has 1 rings (SSSR count). The van der Waals surface area contributed by atoms with Crippen LogP contribution >= 0.6 is 0 Å². The monoisotopic (exact) mass is 240 g/mol. The third-order valence-corrected chi connectivity index (χ3v) is 2.47. The van der Waals surface area contributed by atoms with E-state index < -0.39 is 0 Å². The summed E-state index contributed by atoms with van der Waals surface area (Å²) < 4.78 is 1.55. The Hall–Kier alpha value is -1.43. The summed E-state index contributed by atoms with van der Waals surface area (Å²) in [4.78, 5) is 11.7. The maximum absolute atomic E-state index is 11.7. The van der Waals surface area contributed by atoms with Crippen molar-refractivity contribution in [2.24, 2.45) is 0 Å². The molecule has 1 amide bonds. The highest BCUT2D eigenvalue weighted by Gasteiger charge is 2.15. The molecule has 2 N–H and O–H groups in total. The maximum Gasteiger partial charge on any atom is 0.244 e. The molecule has 1 aromatic heterocycles. The summed E-state index contributed by atoms with van der Waals surface area (Å²) in [6, 6.07) is -0.350. The lowest BCUT2D eigenvalue weighted by Gasteiger charge is -2.10. The van der Waals surface area contributed by atoms with Gasteiger partial charge in [-0.05, 0) is 26.2 Å². The number of carbonyl (C=O) groups excluding carboxylic acids is 1. The van der Waals surface area contributed by atoms with Crippen LogP contribution in [0.25, 0.3) is 0 Å². The van der Waals surface area contributed by atoms with Crippen LogP contribution in [0.15, 0.2) is 6.20 Å². The first-order valence-electron chi connectivity index (χ1n) is 5.98. The van der Waals surface area contributed by atoms with Gasteiger partial charge < -0.3 is 10.4 Å². The van der Waals surface area contributed by atoms with Crippen molar-refractivity contribution in [2.45, 2.75) is 39.2 Å². The van der Waals surface area contributed by atoms with Crippen molar-refractivity contribution in [3.05, 3.63) is 11.9 Å². The van der Waals surface area contributed by atoms with Gasteiger partial charge in [0.25, 0.3) is 0 Å². The van der Waals surface area contributed by atoms with Crippen LogP contribution in [0.2, 0.25) is 0 Å². The molecule has 0 radical (unpaired) electrons. The second-order valence-corrected chi connectivity index (χ2v) is 3.98. The summed E-state index contributed by atoms with van der Waals surface area (Å²) in [5.74, 6) is -0.0505. The number of aliphatic hydroxyl groups excluding tert-OH is 1. The Morgan fingerprint density at radius 1 is 1.65 bits per heavy atom. The number of hydrogen-bond acceptors (Lipinski definition) is 4. The van der Waals surface area contributed by atoms with Crippen LogP contribution in [0.5, 0.6) is 0 Å². The third-order valence-electron chi connectivity index (χ3n) is 2.47. The third kappa shape index (κ3) is 4.14. The van der Waals surface area contributed by atoms with E-state index in [4.69, 9.17) is 5.11 Å². The molecule has 0 spiro atoms. The molecule has 0 aliphatic heterocycles. The summed E-state index contributed by atoms with van der Waals surface area (Å²) in [5.41, 5.74) is 0.800. The SMILES string of the molecule is CCCNC(=O)C(C)n1cc(CCCO)nn1. The Balaban J connectivity index is 2.53. The Kier molecular flexibility index (Phi) is 5.62. The number of carbonyl (C=O) groups is 1. The number of aryl methyl sites for hydroxylation is 1. The maximum atomic E-state index is 11.7. The molecule has 0 aliphatic rings. The fraction of sp³-hybridized carbons (Fsp3) is 0.727. The van der Waals surface area contributed by atoms with Gasteiger partial charge in [0.15, 0.2) is 0 Å². The highest BCUT2D eigenvalue weighted by Crippen LogP contribution is 2.06. The quantitative estimate of drug-likeness (QED) is 0.718. The molecule has 0 fully saturated rings. The summed E-state index contributed by atoms with van der Waals surface area (Å²) in [6.45, 7) is 4.61. The van der Waals surface area contributed by atoms with Gasteiger partial charge in [0.2, 0.25) is 5.91 Å². The van der Waals surface area contributed by atoms with E-state index in [0.29, 0.717) is 19.4 Å². The van der Waals surface area contributed by atoms with E-state index in [2.05, 4.69) is 15.6 Å². The van der Waals surface area contributed by atoms with Crippen LogP contribution in [-0.2, 0) is 11.2 Å². The Morgan fingerprint density at radius 2 is 2.41 bits per heavy atom. The first-order chi connectivity index (χ1) is 8.19. The Bertz CT molecular complexity index is 351. The molecule has 1 aromatic rings. The molecule has 0 bridgehead atoms. The molecular formula is C11H20N4O2. The molecular weight excluding hydrogens is 220 g/mol. The largest absolute Gasteiger partial charge is 0.396 e. The summed E-state index contributed by atoms with van der Waals surface area (Å²) in [6.07, 6.45) is 4.01. The van der Waals surface area contributed by atoms with Crippen LogP contribution in [-0.4, -0.2) is 39.2 Å². The summed E-state index contributed by atoms with van der Waals surface area (Å²) in [5, 5.41) is 19.4. The van der Waals surface area contributed by atoms with Crippen LogP contribution in [0.1, 0.15) is 38.4 Å². The summed E-state index contributed by atoms with van der Waals surface area (Å²) in [7, 11) is 0. The molecule has 96 valence electrons. The van der Waals surface area contributed by atoms with Crippen LogP contribution in [0, 0.1) is 0 Å². The molecule has 6 heteroatoms. The molecule has 0 aromatic carbocycles. The van der Waals surface area contributed by atoms with Crippen LogP contribution < -0.4 is 5.32 Å². The number of nitrogens with one attached hydrogen (secondary N) is 1. The highest BCUT2D eigenvalue weighted by atomic mass is 16.2. The number of aliphatic hydroxyl groups is 1. The van der Waals surface area contributed by atoms with Gasteiger partial charge in [-0.2, -0.15) is 0 Å². The van der Waals surface area contributed by atoms with E-state index in [1.54, 1.807) is 17.8 Å². The zero-order valence-corrected chi connectivity index (χ0v) is 10.4. The van der Waals surface area contributed by atoms with Gasteiger partial charge in [-0.15, -0.1) is 5.10 Å². The number of amides is 1. The summed E-state index contributed by atoms with van der Waals surface area (Å²) >= 11 is 0. The fourth-order valence-corrected chi connectivity index (χ4v) is 1.39. The van der Waals surface area contributed by atoms with E-state index in [9.17, 15) is 4.79 Å². The van der Waals surface area contributed by atoms with Gasteiger partial charge in [-0.1, -0.05) is 12.1 Å². The average Bonchev–Trinajstić information content (AvgIpc) is 2.81. The van der Waals surface area contributed by atoms with Gasteiger partial charge in [-0.3, -0.25) is 4.79 Å². The van der Waals surface area contributed by atoms with Crippen molar-refractivity contribution >= 4 is 5.91 Å². The smallest absolute Gasteiger partial charge is 0.244 e. The molecule has 1 heterocycles. The second-order valence-electron chi connectivity index (χ2n) is 3.98. The number of rotatable bonds is 7. The van der Waals surface area contributed by atoms with Gasteiger partial charge >= 0.3 is 0 Å². The molecule has 1 unspecified atom stereocenters. The first-order valence-corrected chi connectivity index (χ1v) is 5.98. The predicted molar refractivity (Wildman–Crippen MR) is 63.4 cm³/mol. The molecule has 17 heavy (non-hydrogen) atoms. The minimum absolute atomic E-state index is 0.0505. The van der Waals surface area contributed by atoms with Gasteiger partial charge in [0, 0.05) is 19.3 Å². The number of nitrogens with zero attached hydrogens (tertiary/aromatic N) is 3. The Morgan fingerprint density at radius 3 is 3.06 bits per heavy atom.